The molecule has 0 atom stereocenters. The first-order valence-corrected chi connectivity index (χ1v) is 5.68. The van der Waals surface area contributed by atoms with Gasteiger partial charge in [0.15, 0.2) is 5.78 Å². The van der Waals surface area contributed by atoms with Gasteiger partial charge in [-0.25, -0.2) is 0 Å². The number of rotatable bonds is 7. The molecular weight excluding hydrogens is 218 g/mol. The summed E-state index contributed by atoms with van der Waals surface area (Å²) in [5, 5.41) is 0. The molecule has 0 aliphatic rings. The monoisotopic (exact) mass is 235 g/mol. The second-order valence-corrected chi connectivity index (χ2v) is 3.76. The largest absolute Gasteiger partial charge is 0.493 e. The van der Waals surface area contributed by atoms with Crippen molar-refractivity contribution in [2.75, 3.05) is 6.61 Å². The molecule has 1 amide bonds. The summed E-state index contributed by atoms with van der Waals surface area (Å²) in [4.78, 5) is 22.1. The molecule has 4 nitrogen and oxygen atoms in total. The molecule has 0 unspecified atom stereocenters. The number of carbonyl (C=O) groups is 2. The van der Waals surface area contributed by atoms with Crippen molar-refractivity contribution >= 4 is 11.7 Å². The van der Waals surface area contributed by atoms with Crippen LogP contribution in [0.1, 0.15) is 36.5 Å². The highest BCUT2D eigenvalue weighted by atomic mass is 16.5. The molecule has 92 valence electrons. The molecule has 0 fully saturated rings. The lowest BCUT2D eigenvalue weighted by Gasteiger charge is -2.05. The Morgan fingerprint density at radius 2 is 1.82 bits per heavy atom. The maximum absolute atomic E-state index is 11.6. The quantitative estimate of drug-likeness (QED) is 0.734. The van der Waals surface area contributed by atoms with Crippen LogP contribution < -0.4 is 10.5 Å². The zero-order valence-corrected chi connectivity index (χ0v) is 9.94. The number of benzene rings is 1. The fraction of sp³-hybridized carbons (Fsp3) is 0.385. The van der Waals surface area contributed by atoms with Crippen LogP contribution in [0.4, 0.5) is 0 Å². The van der Waals surface area contributed by atoms with E-state index < -0.39 is 0 Å². The van der Waals surface area contributed by atoms with Crippen molar-refractivity contribution in [2.24, 2.45) is 5.73 Å². The van der Waals surface area contributed by atoms with Gasteiger partial charge in [0.25, 0.3) is 0 Å². The number of ketones is 1. The molecule has 0 aliphatic carbocycles. The molecule has 17 heavy (non-hydrogen) atoms. The number of hydrogen-bond donors (Lipinski definition) is 1. The van der Waals surface area contributed by atoms with E-state index in [1.165, 1.54) is 0 Å². The fourth-order valence-corrected chi connectivity index (χ4v) is 1.38. The van der Waals surface area contributed by atoms with Gasteiger partial charge in [-0.15, -0.1) is 0 Å². The smallest absolute Gasteiger partial charge is 0.220 e. The number of hydrogen-bond acceptors (Lipinski definition) is 3. The maximum Gasteiger partial charge on any atom is 0.220 e. The molecule has 1 rings (SSSR count). The molecule has 0 spiro atoms. The summed E-state index contributed by atoms with van der Waals surface area (Å²) >= 11 is 0. The normalized spacial score (nSPS) is 9.94. The molecule has 1 aromatic carbocycles. The molecule has 0 heterocycles. The molecule has 0 radical (unpaired) electrons. The lowest BCUT2D eigenvalue weighted by atomic mass is 10.1. The van der Waals surface area contributed by atoms with Crippen molar-refractivity contribution in [3.05, 3.63) is 29.8 Å². The number of amides is 1. The first-order chi connectivity index (χ1) is 8.13. The zero-order chi connectivity index (χ0) is 12.7. The fourth-order valence-electron chi connectivity index (χ4n) is 1.38. The molecule has 1 aromatic rings. The standard InChI is InChI=1S/C13H17NO3/c1-2-3-12(15)10-4-6-11(7-5-10)17-9-8-13(14)16/h4-7H,2-3,8-9H2,1H3,(H2,14,16). The molecule has 4 heteroatoms. The van der Waals surface area contributed by atoms with Gasteiger partial charge in [0.1, 0.15) is 5.75 Å². The second-order valence-electron chi connectivity index (χ2n) is 3.76. The van der Waals surface area contributed by atoms with Crippen LogP contribution in [-0.2, 0) is 4.79 Å². The number of primary amides is 1. The van der Waals surface area contributed by atoms with E-state index in [-0.39, 0.29) is 24.7 Å². The highest BCUT2D eigenvalue weighted by molar-refractivity contribution is 5.96. The predicted octanol–water partition coefficient (Wildman–Crippen LogP) is 1.92. The van der Waals surface area contributed by atoms with E-state index in [9.17, 15) is 9.59 Å². The molecule has 0 saturated heterocycles. The number of ether oxygens (including phenoxy) is 1. The Labute approximate surface area is 101 Å². The zero-order valence-electron chi connectivity index (χ0n) is 9.94. The third-order valence-electron chi connectivity index (χ3n) is 2.27. The van der Waals surface area contributed by atoms with E-state index in [4.69, 9.17) is 10.5 Å². The van der Waals surface area contributed by atoms with Crippen LogP contribution >= 0.6 is 0 Å². The Kier molecular flexibility index (Phi) is 5.20. The van der Waals surface area contributed by atoms with E-state index in [1.807, 2.05) is 6.92 Å². The number of carbonyl (C=O) groups excluding carboxylic acids is 2. The van der Waals surface area contributed by atoms with Gasteiger partial charge in [-0.3, -0.25) is 9.59 Å². The SMILES string of the molecule is CCCC(=O)c1ccc(OCCC(N)=O)cc1. The third kappa shape index (κ3) is 4.68. The van der Waals surface area contributed by atoms with Gasteiger partial charge in [0, 0.05) is 12.0 Å². The minimum atomic E-state index is -0.389. The summed E-state index contributed by atoms with van der Waals surface area (Å²) in [6.07, 6.45) is 1.59. The van der Waals surface area contributed by atoms with Gasteiger partial charge >= 0.3 is 0 Å². The van der Waals surface area contributed by atoms with Crippen molar-refractivity contribution in [1.82, 2.24) is 0 Å². The highest BCUT2D eigenvalue weighted by Gasteiger charge is 2.04. The molecule has 0 aliphatic heterocycles. The van der Waals surface area contributed by atoms with Crippen molar-refractivity contribution in [3.8, 4) is 5.75 Å². The van der Waals surface area contributed by atoms with Crippen LogP contribution in [-0.4, -0.2) is 18.3 Å². The van der Waals surface area contributed by atoms with Gasteiger partial charge < -0.3 is 10.5 Å². The van der Waals surface area contributed by atoms with E-state index >= 15 is 0 Å². The highest BCUT2D eigenvalue weighted by Crippen LogP contribution is 2.14. The summed E-state index contributed by atoms with van der Waals surface area (Å²) in [7, 11) is 0. The summed E-state index contributed by atoms with van der Waals surface area (Å²) in [5.41, 5.74) is 5.68. The summed E-state index contributed by atoms with van der Waals surface area (Å²) in [6.45, 7) is 2.23. The lowest BCUT2D eigenvalue weighted by molar-refractivity contribution is -0.118. The molecular formula is C13H17NO3. The Morgan fingerprint density at radius 3 is 2.35 bits per heavy atom. The van der Waals surface area contributed by atoms with Crippen LogP contribution in [0.2, 0.25) is 0 Å². The molecule has 0 saturated carbocycles. The van der Waals surface area contributed by atoms with Gasteiger partial charge in [-0.1, -0.05) is 6.92 Å². The summed E-state index contributed by atoms with van der Waals surface area (Å²) < 4.78 is 5.30. The van der Waals surface area contributed by atoms with Crippen LogP contribution in [0.15, 0.2) is 24.3 Å². The Balaban J connectivity index is 2.50. The summed E-state index contributed by atoms with van der Waals surface area (Å²) in [6, 6.07) is 6.92. The van der Waals surface area contributed by atoms with E-state index in [0.717, 1.165) is 6.42 Å². The molecule has 2 N–H and O–H groups in total. The van der Waals surface area contributed by atoms with E-state index in [1.54, 1.807) is 24.3 Å². The average Bonchev–Trinajstić information content (AvgIpc) is 2.30. The van der Waals surface area contributed by atoms with Crippen LogP contribution in [0.25, 0.3) is 0 Å². The number of Topliss-reactive ketones (excluding diaryl/α,β-unsaturated/α-hetero) is 1. The predicted molar refractivity (Wildman–Crippen MR) is 65.0 cm³/mol. The van der Waals surface area contributed by atoms with E-state index in [0.29, 0.717) is 17.7 Å². The average molecular weight is 235 g/mol. The molecule has 0 aromatic heterocycles. The molecule has 0 bridgehead atoms. The van der Waals surface area contributed by atoms with Crippen molar-refractivity contribution < 1.29 is 14.3 Å². The van der Waals surface area contributed by atoms with Gasteiger partial charge in [0.05, 0.1) is 13.0 Å². The van der Waals surface area contributed by atoms with Crippen LogP contribution in [0.5, 0.6) is 5.75 Å². The third-order valence-corrected chi connectivity index (χ3v) is 2.27. The van der Waals surface area contributed by atoms with E-state index in [2.05, 4.69) is 0 Å². The van der Waals surface area contributed by atoms with Crippen molar-refractivity contribution in [1.29, 1.82) is 0 Å². The lowest BCUT2D eigenvalue weighted by Crippen LogP contribution is -2.14. The summed E-state index contributed by atoms with van der Waals surface area (Å²) in [5.74, 6) is 0.384. The van der Waals surface area contributed by atoms with Gasteiger partial charge in [-0.05, 0) is 30.7 Å². The number of nitrogens with two attached hydrogens (primary N) is 1. The Hall–Kier alpha value is -1.84. The topological polar surface area (TPSA) is 69.4 Å². The van der Waals surface area contributed by atoms with Crippen molar-refractivity contribution in [2.45, 2.75) is 26.2 Å². The first kappa shape index (κ1) is 13.2. The van der Waals surface area contributed by atoms with Gasteiger partial charge in [-0.2, -0.15) is 0 Å². The Morgan fingerprint density at radius 1 is 1.18 bits per heavy atom. The minimum absolute atomic E-state index is 0.135. The van der Waals surface area contributed by atoms with Crippen LogP contribution in [0.3, 0.4) is 0 Å². The minimum Gasteiger partial charge on any atom is -0.493 e. The van der Waals surface area contributed by atoms with Crippen molar-refractivity contribution in [3.63, 3.8) is 0 Å². The Bertz CT molecular complexity index is 384. The first-order valence-electron chi connectivity index (χ1n) is 5.68. The van der Waals surface area contributed by atoms with Gasteiger partial charge in [0.2, 0.25) is 5.91 Å². The maximum atomic E-state index is 11.6. The second kappa shape index (κ2) is 6.68. The van der Waals surface area contributed by atoms with Crippen LogP contribution in [0, 0.1) is 0 Å².